The van der Waals surface area contributed by atoms with E-state index in [9.17, 15) is 14.7 Å². The number of aliphatic hydroxyl groups is 1. The van der Waals surface area contributed by atoms with E-state index < -0.39 is 11.9 Å². The number of rotatable bonds is 5. The van der Waals surface area contributed by atoms with Crippen molar-refractivity contribution >= 4 is 17.8 Å². The number of amides is 1. The molecule has 0 aliphatic carbocycles. The lowest BCUT2D eigenvalue weighted by atomic mass is 10.0. The molecule has 142 valence electrons. The number of aromatic nitrogens is 4. The molecule has 9 heteroatoms. The van der Waals surface area contributed by atoms with Gasteiger partial charge >= 0.3 is 5.97 Å². The lowest BCUT2D eigenvalue weighted by Gasteiger charge is -2.09. The summed E-state index contributed by atoms with van der Waals surface area (Å²) in [6.07, 6.45) is 1.61. The first-order valence-corrected chi connectivity index (χ1v) is 8.29. The van der Waals surface area contributed by atoms with Gasteiger partial charge in [0.1, 0.15) is 11.5 Å². The molecule has 2 heterocycles. The predicted octanol–water partition coefficient (Wildman–Crippen LogP) is 1.77. The summed E-state index contributed by atoms with van der Waals surface area (Å²) in [7, 11) is 1.23. The highest BCUT2D eigenvalue weighted by Crippen LogP contribution is 2.16. The Morgan fingerprint density at radius 1 is 1.14 bits per heavy atom. The number of esters is 1. The molecule has 3 aromatic rings. The van der Waals surface area contributed by atoms with Gasteiger partial charge in [-0.05, 0) is 36.8 Å². The van der Waals surface area contributed by atoms with Gasteiger partial charge in [0.05, 0.1) is 19.3 Å². The van der Waals surface area contributed by atoms with Gasteiger partial charge < -0.3 is 9.84 Å². The van der Waals surface area contributed by atoms with E-state index in [-0.39, 0.29) is 23.7 Å². The van der Waals surface area contributed by atoms with E-state index in [0.29, 0.717) is 22.9 Å². The van der Waals surface area contributed by atoms with Crippen LogP contribution in [0.1, 0.15) is 32.1 Å². The molecule has 0 unspecified atom stereocenters. The van der Waals surface area contributed by atoms with Crippen LogP contribution in [0.3, 0.4) is 0 Å². The number of aliphatic hydroxyl groups excluding tert-OH is 1. The van der Waals surface area contributed by atoms with Crippen LogP contribution >= 0.6 is 0 Å². The maximum atomic E-state index is 12.6. The highest BCUT2D eigenvalue weighted by molar-refractivity contribution is 6.05. The smallest absolute Gasteiger partial charge is 0.338 e. The van der Waals surface area contributed by atoms with Crippen LogP contribution in [0.5, 0.6) is 0 Å². The van der Waals surface area contributed by atoms with Crippen molar-refractivity contribution < 1.29 is 19.4 Å². The molecule has 9 nitrogen and oxygen atoms in total. The van der Waals surface area contributed by atoms with E-state index in [1.807, 2.05) is 0 Å². The Morgan fingerprint density at radius 3 is 2.64 bits per heavy atom. The van der Waals surface area contributed by atoms with Crippen LogP contribution in [0.15, 0.2) is 42.6 Å². The average molecular weight is 379 g/mol. The zero-order chi connectivity index (χ0) is 20.1. The minimum atomic E-state index is -0.646. The molecule has 0 saturated heterocycles. The number of anilines is 1. The molecule has 0 atom stereocenters. The summed E-state index contributed by atoms with van der Waals surface area (Å²) in [5.41, 5.74) is 1.20. The SMILES string of the molecule is COC(=O)c1cc(C(=O)Nc2nc(C)nc(-c3ccccn3)n2)ccc1CO. The van der Waals surface area contributed by atoms with E-state index in [4.69, 9.17) is 4.74 Å². The molecular weight excluding hydrogens is 362 g/mol. The number of carbonyl (C=O) groups is 2. The summed E-state index contributed by atoms with van der Waals surface area (Å²) in [4.78, 5) is 41.2. The van der Waals surface area contributed by atoms with Gasteiger partial charge in [0.25, 0.3) is 5.91 Å². The maximum absolute atomic E-state index is 12.6. The molecule has 1 aromatic carbocycles. The molecule has 28 heavy (non-hydrogen) atoms. The fraction of sp³-hybridized carbons (Fsp3) is 0.158. The second-order valence-corrected chi connectivity index (χ2v) is 5.72. The zero-order valence-electron chi connectivity index (χ0n) is 15.2. The number of methoxy groups -OCH3 is 1. The van der Waals surface area contributed by atoms with Crippen LogP contribution in [-0.2, 0) is 11.3 Å². The molecule has 1 amide bonds. The molecule has 0 aliphatic heterocycles. The summed E-state index contributed by atoms with van der Waals surface area (Å²) in [5, 5.41) is 11.9. The van der Waals surface area contributed by atoms with E-state index in [1.54, 1.807) is 31.3 Å². The van der Waals surface area contributed by atoms with Crippen LogP contribution in [0, 0.1) is 6.92 Å². The van der Waals surface area contributed by atoms with E-state index in [2.05, 4.69) is 25.3 Å². The maximum Gasteiger partial charge on any atom is 0.338 e. The summed E-state index contributed by atoms with van der Waals surface area (Å²) in [6, 6.07) is 9.64. The second kappa shape index (κ2) is 8.31. The van der Waals surface area contributed by atoms with Crippen molar-refractivity contribution in [3.8, 4) is 11.5 Å². The molecule has 3 rings (SSSR count). The molecule has 0 aliphatic rings. The first-order chi connectivity index (χ1) is 13.5. The van der Waals surface area contributed by atoms with Crippen LogP contribution < -0.4 is 5.32 Å². The van der Waals surface area contributed by atoms with E-state index >= 15 is 0 Å². The standard InChI is InChI=1S/C19H17N5O4/c1-11-21-16(15-5-3-4-8-20-15)23-19(22-11)24-17(26)12-6-7-13(10-25)14(9-12)18(27)28-2/h3-9,25H,10H2,1-2H3,(H,21,22,23,24,26). The quantitative estimate of drug-likeness (QED) is 0.642. The van der Waals surface area contributed by atoms with E-state index in [0.717, 1.165) is 0 Å². The van der Waals surface area contributed by atoms with Crippen LogP contribution in [0.2, 0.25) is 0 Å². The van der Waals surface area contributed by atoms with Crippen molar-refractivity contribution in [2.75, 3.05) is 12.4 Å². The number of nitrogens with one attached hydrogen (secondary N) is 1. The lowest BCUT2D eigenvalue weighted by molar-refractivity contribution is 0.0597. The first kappa shape index (κ1) is 19.1. The normalized spacial score (nSPS) is 10.4. The molecule has 0 spiro atoms. The minimum absolute atomic E-state index is 0.0593. The highest BCUT2D eigenvalue weighted by atomic mass is 16.5. The van der Waals surface area contributed by atoms with Gasteiger partial charge in [-0.2, -0.15) is 9.97 Å². The fourth-order valence-corrected chi connectivity index (χ4v) is 2.48. The molecule has 0 fully saturated rings. The van der Waals surface area contributed by atoms with Gasteiger partial charge in [0.15, 0.2) is 5.82 Å². The fourth-order valence-electron chi connectivity index (χ4n) is 2.48. The number of carbonyl (C=O) groups excluding carboxylic acids is 2. The molecule has 0 saturated carbocycles. The highest BCUT2D eigenvalue weighted by Gasteiger charge is 2.17. The van der Waals surface area contributed by atoms with Gasteiger partial charge in [0.2, 0.25) is 5.95 Å². The number of ether oxygens (including phenoxy) is 1. The predicted molar refractivity (Wildman–Crippen MR) is 99.5 cm³/mol. The largest absolute Gasteiger partial charge is 0.465 e. The third-order valence-electron chi connectivity index (χ3n) is 3.81. The summed E-state index contributed by atoms with van der Waals surface area (Å²) in [5.74, 6) is -0.366. The third-order valence-corrected chi connectivity index (χ3v) is 3.81. The van der Waals surface area contributed by atoms with Crippen molar-refractivity contribution in [3.05, 3.63) is 65.1 Å². The Bertz CT molecular complexity index is 1020. The Hall–Kier alpha value is -3.72. The molecule has 2 aromatic heterocycles. The van der Waals surface area contributed by atoms with Gasteiger partial charge in [-0.15, -0.1) is 0 Å². The second-order valence-electron chi connectivity index (χ2n) is 5.72. The Labute approximate surface area is 160 Å². The summed E-state index contributed by atoms with van der Waals surface area (Å²) < 4.78 is 4.69. The Balaban J connectivity index is 1.89. The Morgan fingerprint density at radius 2 is 1.96 bits per heavy atom. The van der Waals surface area contributed by atoms with Crippen molar-refractivity contribution in [1.82, 2.24) is 19.9 Å². The summed E-state index contributed by atoms with van der Waals surface area (Å²) in [6.45, 7) is 1.32. The van der Waals surface area contributed by atoms with E-state index in [1.165, 1.54) is 25.3 Å². The van der Waals surface area contributed by atoms with Gasteiger partial charge in [-0.1, -0.05) is 12.1 Å². The molecular formula is C19H17N5O4. The van der Waals surface area contributed by atoms with Gasteiger partial charge in [-0.3, -0.25) is 15.1 Å². The third kappa shape index (κ3) is 4.15. The number of pyridine rings is 1. The average Bonchev–Trinajstić information content (AvgIpc) is 2.72. The summed E-state index contributed by atoms with van der Waals surface area (Å²) >= 11 is 0. The number of hydrogen-bond donors (Lipinski definition) is 2. The van der Waals surface area contributed by atoms with Crippen molar-refractivity contribution in [2.24, 2.45) is 0 Å². The monoisotopic (exact) mass is 379 g/mol. The number of hydrogen-bond acceptors (Lipinski definition) is 8. The van der Waals surface area contributed by atoms with Crippen LogP contribution in [0.25, 0.3) is 11.5 Å². The number of benzene rings is 1. The molecule has 0 radical (unpaired) electrons. The zero-order valence-corrected chi connectivity index (χ0v) is 15.2. The topological polar surface area (TPSA) is 127 Å². The van der Waals surface area contributed by atoms with Gasteiger partial charge in [-0.25, -0.2) is 9.78 Å². The number of nitrogens with zero attached hydrogens (tertiary/aromatic N) is 4. The van der Waals surface area contributed by atoms with Crippen molar-refractivity contribution in [2.45, 2.75) is 13.5 Å². The molecule has 0 bridgehead atoms. The van der Waals surface area contributed by atoms with Gasteiger partial charge in [0, 0.05) is 11.8 Å². The number of aryl methyl sites for hydroxylation is 1. The minimum Gasteiger partial charge on any atom is -0.465 e. The van der Waals surface area contributed by atoms with Crippen molar-refractivity contribution in [1.29, 1.82) is 0 Å². The first-order valence-electron chi connectivity index (χ1n) is 8.29. The molecule has 2 N–H and O–H groups in total. The van der Waals surface area contributed by atoms with Crippen molar-refractivity contribution in [3.63, 3.8) is 0 Å². The van der Waals surface area contributed by atoms with Crippen LogP contribution in [-0.4, -0.2) is 44.0 Å². The Kier molecular flexibility index (Phi) is 5.66. The van der Waals surface area contributed by atoms with Crippen LogP contribution in [0.4, 0.5) is 5.95 Å². The lowest BCUT2D eigenvalue weighted by Crippen LogP contribution is -2.17.